The number of nitrogen functional groups attached to an aromatic ring is 1. The zero-order valence-corrected chi connectivity index (χ0v) is 11.9. The standard InChI is InChI=1S/C11H17N3OS2/c1-7(2)15-5-4-14-11-10(16-3)9(13)8(6-12)17-11/h7,14H,4-5,13H2,1-3H3. The van der Waals surface area contributed by atoms with Gasteiger partial charge in [-0.05, 0) is 20.1 Å². The largest absolute Gasteiger partial charge is 0.396 e. The molecule has 1 heterocycles. The van der Waals surface area contributed by atoms with E-state index in [2.05, 4.69) is 11.4 Å². The number of thiophene rings is 1. The molecule has 1 aromatic heterocycles. The van der Waals surface area contributed by atoms with Gasteiger partial charge in [-0.3, -0.25) is 0 Å². The Morgan fingerprint density at radius 1 is 1.59 bits per heavy atom. The average molecular weight is 271 g/mol. The van der Waals surface area contributed by atoms with Gasteiger partial charge in [0, 0.05) is 6.54 Å². The number of ether oxygens (including phenoxy) is 1. The van der Waals surface area contributed by atoms with Crippen molar-refractivity contribution in [1.29, 1.82) is 5.26 Å². The minimum absolute atomic E-state index is 0.236. The van der Waals surface area contributed by atoms with Gasteiger partial charge < -0.3 is 15.8 Å². The predicted molar refractivity (Wildman–Crippen MR) is 74.8 cm³/mol. The molecule has 1 aromatic rings. The van der Waals surface area contributed by atoms with Crippen molar-refractivity contribution in [3.8, 4) is 6.07 Å². The van der Waals surface area contributed by atoms with Gasteiger partial charge in [-0.2, -0.15) is 5.26 Å². The van der Waals surface area contributed by atoms with Gasteiger partial charge in [0.15, 0.2) is 0 Å². The first-order valence-electron chi connectivity index (χ1n) is 5.32. The fourth-order valence-corrected chi connectivity index (χ4v) is 3.15. The molecule has 1 rings (SSSR count). The topological polar surface area (TPSA) is 71.1 Å². The molecule has 0 spiro atoms. The molecule has 0 aliphatic carbocycles. The maximum atomic E-state index is 8.91. The van der Waals surface area contributed by atoms with Crippen LogP contribution in [0.4, 0.5) is 10.7 Å². The van der Waals surface area contributed by atoms with Crippen LogP contribution in [0.2, 0.25) is 0 Å². The number of nitrogens with two attached hydrogens (primary N) is 1. The highest BCUT2D eigenvalue weighted by molar-refractivity contribution is 7.99. The summed E-state index contributed by atoms with van der Waals surface area (Å²) in [6.45, 7) is 5.37. The third-order valence-corrected chi connectivity index (χ3v) is 4.07. The summed E-state index contributed by atoms with van der Waals surface area (Å²) in [5.41, 5.74) is 6.45. The van der Waals surface area contributed by atoms with Crippen molar-refractivity contribution in [3.05, 3.63) is 4.88 Å². The molecule has 4 nitrogen and oxygen atoms in total. The third-order valence-electron chi connectivity index (χ3n) is 2.04. The van der Waals surface area contributed by atoms with Crippen molar-refractivity contribution < 1.29 is 4.74 Å². The lowest BCUT2D eigenvalue weighted by Gasteiger charge is -2.09. The summed E-state index contributed by atoms with van der Waals surface area (Å²) in [7, 11) is 0. The quantitative estimate of drug-likeness (QED) is 0.615. The van der Waals surface area contributed by atoms with Gasteiger partial charge in [-0.15, -0.1) is 23.1 Å². The first-order valence-corrected chi connectivity index (χ1v) is 7.36. The number of rotatable bonds is 6. The van der Waals surface area contributed by atoms with Crippen LogP contribution in [-0.4, -0.2) is 25.5 Å². The maximum Gasteiger partial charge on any atom is 0.131 e. The molecular weight excluding hydrogens is 254 g/mol. The van der Waals surface area contributed by atoms with E-state index in [-0.39, 0.29) is 6.10 Å². The summed E-state index contributed by atoms with van der Waals surface area (Å²) in [6.07, 6.45) is 2.19. The second kappa shape index (κ2) is 6.74. The van der Waals surface area contributed by atoms with Crippen LogP contribution in [0.3, 0.4) is 0 Å². The SMILES string of the molecule is CSc1c(NCCOC(C)C)sc(C#N)c1N. The van der Waals surface area contributed by atoms with Crippen molar-refractivity contribution in [3.63, 3.8) is 0 Å². The number of hydrogen-bond acceptors (Lipinski definition) is 6. The van der Waals surface area contributed by atoms with E-state index in [9.17, 15) is 0 Å². The van der Waals surface area contributed by atoms with Crippen molar-refractivity contribution >= 4 is 33.8 Å². The highest BCUT2D eigenvalue weighted by Crippen LogP contribution is 2.40. The Hall–Kier alpha value is -0.900. The molecule has 0 amide bonds. The summed E-state index contributed by atoms with van der Waals surface area (Å²) in [5.74, 6) is 0. The van der Waals surface area contributed by atoms with E-state index in [0.29, 0.717) is 17.2 Å². The third kappa shape index (κ3) is 3.80. The molecule has 6 heteroatoms. The molecule has 0 atom stereocenters. The molecule has 3 N–H and O–H groups in total. The lowest BCUT2D eigenvalue weighted by atomic mass is 10.4. The number of anilines is 2. The van der Waals surface area contributed by atoms with Gasteiger partial charge in [-0.25, -0.2) is 0 Å². The second-order valence-electron chi connectivity index (χ2n) is 3.67. The van der Waals surface area contributed by atoms with E-state index in [1.165, 1.54) is 11.3 Å². The summed E-state index contributed by atoms with van der Waals surface area (Å²) in [4.78, 5) is 1.53. The Kier molecular flexibility index (Phi) is 5.62. The Morgan fingerprint density at radius 3 is 2.82 bits per heavy atom. The Morgan fingerprint density at radius 2 is 2.29 bits per heavy atom. The molecule has 0 aliphatic rings. The minimum atomic E-state index is 0.236. The van der Waals surface area contributed by atoms with E-state index in [1.54, 1.807) is 11.8 Å². The van der Waals surface area contributed by atoms with Crippen LogP contribution in [0.25, 0.3) is 0 Å². The molecule has 0 saturated carbocycles. The molecule has 0 unspecified atom stereocenters. The van der Waals surface area contributed by atoms with Crippen LogP contribution in [0.1, 0.15) is 18.7 Å². The fourth-order valence-electron chi connectivity index (χ4n) is 1.29. The number of hydrogen-bond donors (Lipinski definition) is 2. The second-order valence-corrected chi connectivity index (χ2v) is 5.50. The van der Waals surface area contributed by atoms with Crippen LogP contribution in [0.5, 0.6) is 0 Å². The summed E-state index contributed by atoms with van der Waals surface area (Å²) < 4.78 is 5.44. The lowest BCUT2D eigenvalue weighted by molar-refractivity contribution is 0.0871. The number of nitriles is 1. The molecular formula is C11H17N3OS2. The van der Waals surface area contributed by atoms with E-state index in [1.807, 2.05) is 20.1 Å². The van der Waals surface area contributed by atoms with E-state index in [0.717, 1.165) is 16.4 Å². The molecule has 0 radical (unpaired) electrons. The van der Waals surface area contributed by atoms with Crippen LogP contribution >= 0.6 is 23.1 Å². The van der Waals surface area contributed by atoms with Crippen molar-refractivity contribution in [2.45, 2.75) is 24.8 Å². The average Bonchev–Trinajstić information content (AvgIpc) is 2.60. The molecule has 0 aromatic carbocycles. The fraction of sp³-hybridized carbons (Fsp3) is 0.545. The maximum absolute atomic E-state index is 8.91. The smallest absolute Gasteiger partial charge is 0.131 e. The minimum Gasteiger partial charge on any atom is -0.396 e. The van der Waals surface area contributed by atoms with Crippen molar-refractivity contribution in [1.82, 2.24) is 0 Å². The molecule has 0 fully saturated rings. The monoisotopic (exact) mass is 271 g/mol. The van der Waals surface area contributed by atoms with Crippen LogP contribution in [0, 0.1) is 11.3 Å². The van der Waals surface area contributed by atoms with Gasteiger partial charge in [0.1, 0.15) is 15.9 Å². The highest BCUT2D eigenvalue weighted by Gasteiger charge is 2.14. The van der Waals surface area contributed by atoms with Gasteiger partial charge in [0.25, 0.3) is 0 Å². The first-order chi connectivity index (χ1) is 8.10. The molecule has 17 heavy (non-hydrogen) atoms. The Balaban J connectivity index is 2.62. The highest BCUT2D eigenvalue weighted by atomic mass is 32.2. The number of thioether (sulfide) groups is 1. The van der Waals surface area contributed by atoms with Crippen molar-refractivity contribution in [2.75, 3.05) is 30.5 Å². The normalized spacial score (nSPS) is 10.5. The van der Waals surface area contributed by atoms with Crippen LogP contribution in [0.15, 0.2) is 4.90 Å². The molecule has 0 saturated heterocycles. The number of nitrogens with zero attached hydrogens (tertiary/aromatic N) is 1. The Bertz CT molecular complexity index is 410. The molecule has 0 aliphatic heterocycles. The van der Waals surface area contributed by atoms with Crippen molar-refractivity contribution in [2.24, 2.45) is 0 Å². The molecule has 0 bridgehead atoms. The zero-order valence-electron chi connectivity index (χ0n) is 10.2. The van der Waals surface area contributed by atoms with E-state index in [4.69, 9.17) is 15.7 Å². The van der Waals surface area contributed by atoms with Gasteiger partial charge in [0.2, 0.25) is 0 Å². The predicted octanol–water partition coefficient (Wildman–Crippen LogP) is 2.76. The summed E-state index contributed by atoms with van der Waals surface area (Å²) in [5, 5.41) is 13.1. The molecule has 94 valence electrons. The van der Waals surface area contributed by atoms with Gasteiger partial charge in [-0.1, -0.05) is 0 Å². The van der Waals surface area contributed by atoms with E-state index < -0.39 is 0 Å². The zero-order chi connectivity index (χ0) is 12.8. The van der Waals surface area contributed by atoms with E-state index >= 15 is 0 Å². The summed E-state index contributed by atoms with van der Waals surface area (Å²) >= 11 is 2.95. The number of nitrogens with one attached hydrogen (secondary N) is 1. The summed E-state index contributed by atoms with van der Waals surface area (Å²) in [6, 6.07) is 2.11. The lowest BCUT2D eigenvalue weighted by Crippen LogP contribution is -2.12. The Labute approximate surface area is 110 Å². The van der Waals surface area contributed by atoms with Crippen LogP contribution < -0.4 is 11.1 Å². The van der Waals surface area contributed by atoms with Crippen LogP contribution in [-0.2, 0) is 4.74 Å². The first kappa shape index (κ1) is 14.2. The van der Waals surface area contributed by atoms with Gasteiger partial charge in [0.05, 0.1) is 23.3 Å². The van der Waals surface area contributed by atoms with Gasteiger partial charge >= 0.3 is 0 Å².